The Balaban J connectivity index is 1.50. The lowest BCUT2D eigenvalue weighted by molar-refractivity contribution is -0.145. The van der Waals surface area contributed by atoms with Crippen molar-refractivity contribution in [3.8, 4) is 0 Å². The molecule has 3 fully saturated rings. The summed E-state index contributed by atoms with van der Waals surface area (Å²) in [5.74, 6) is 1.00. The second-order valence-electron chi connectivity index (χ2n) is 6.60. The zero-order valence-corrected chi connectivity index (χ0v) is 12.5. The van der Waals surface area contributed by atoms with Crippen LogP contribution in [0.5, 0.6) is 0 Å². The number of amides is 1. The van der Waals surface area contributed by atoms with Gasteiger partial charge >= 0.3 is 0 Å². The molecule has 3 rings (SSSR count). The number of hydrogen-bond donors (Lipinski definition) is 1. The first-order chi connectivity index (χ1) is 9.84. The monoisotopic (exact) mass is 280 g/mol. The van der Waals surface area contributed by atoms with Crippen molar-refractivity contribution in [1.29, 1.82) is 0 Å². The van der Waals surface area contributed by atoms with Crippen molar-refractivity contribution in [3.63, 3.8) is 0 Å². The Bertz CT molecular complexity index is 326. The largest absolute Gasteiger partial charge is 0.368 e. The summed E-state index contributed by atoms with van der Waals surface area (Å²) in [6, 6.07) is 0.515. The van der Waals surface area contributed by atoms with E-state index >= 15 is 0 Å². The molecule has 0 bridgehead atoms. The van der Waals surface area contributed by atoms with E-state index in [1.165, 1.54) is 38.5 Å². The molecule has 4 heteroatoms. The minimum absolute atomic E-state index is 0.236. The fraction of sp³-hybridized carbons (Fsp3) is 0.938. The lowest BCUT2D eigenvalue weighted by Gasteiger charge is -2.44. The Labute approximate surface area is 122 Å². The van der Waals surface area contributed by atoms with Gasteiger partial charge in [-0.25, -0.2) is 0 Å². The molecule has 1 aliphatic carbocycles. The van der Waals surface area contributed by atoms with Crippen molar-refractivity contribution in [1.82, 2.24) is 10.2 Å². The summed E-state index contributed by atoms with van der Waals surface area (Å²) in [4.78, 5) is 14.6. The molecule has 114 valence electrons. The number of rotatable bonds is 3. The summed E-state index contributed by atoms with van der Waals surface area (Å²) in [7, 11) is 0. The number of piperidine rings is 2. The van der Waals surface area contributed by atoms with E-state index in [1.807, 2.05) is 0 Å². The predicted octanol–water partition coefficient (Wildman–Crippen LogP) is 1.94. The van der Waals surface area contributed by atoms with E-state index in [4.69, 9.17) is 4.74 Å². The van der Waals surface area contributed by atoms with Gasteiger partial charge in [0.05, 0.1) is 6.10 Å². The molecule has 0 aromatic carbocycles. The van der Waals surface area contributed by atoms with Crippen LogP contribution in [0.1, 0.15) is 51.4 Å². The van der Waals surface area contributed by atoms with Gasteiger partial charge in [-0.15, -0.1) is 0 Å². The summed E-state index contributed by atoms with van der Waals surface area (Å²) < 4.78 is 5.85. The number of carbonyl (C=O) groups excluding carboxylic acids is 1. The maximum absolute atomic E-state index is 12.5. The summed E-state index contributed by atoms with van der Waals surface area (Å²) in [5.41, 5.74) is 0. The molecule has 20 heavy (non-hydrogen) atoms. The van der Waals surface area contributed by atoms with Gasteiger partial charge in [-0.1, -0.05) is 12.8 Å². The van der Waals surface area contributed by atoms with Crippen molar-refractivity contribution in [2.75, 3.05) is 26.2 Å². The molecule has 2 saturated heterocycles. The zero-order valence-electron chi connectivity index (χ0n) is 12.5. The first-order valence-corrected chi connectivity index (χ1v) is 8.46. The first-order valence-electron chi connectivity index (χ1n) is 8.46. The molecule has 2 heterocycles. The van der Waals surface area contributed by atoms with E-state index in [0.29, 0.717) is 12.6 Å². The molecule has 0 aromatic rings. The van der Waals surface area contributed by atoms with Crippen molar-refractivity contribution in [2.24, 2.45) is 5.92 Å². The highest BCUT2D eigenvalue weighted by molar-refractivity contribution is 5.78. The van der Waals surface area contributed by atoms with Crippen LogP contribution in [0.4, 0.5) is 0 Å². The second-order valence-corrected chi connectivity index (χ2v) is 6.60. The molecular weight excluding hydrogens is 252 g/mol. The van der Waals surface area contributed by atoms with Crippen molar-refractivity contribution in [3.05, 3.63) is 0 Å². The number of likely N-dealkylation sites (tertiary alicyclic amines) is 1. The molecular formula is C16H28N2O2. The Morgan fingerprint density at radius 3 is 2.65 bits per heavy atom. The zero-order chi connectivity index (χ0) is 13.8. The van der Waals surface area contributed by atoms with Crippen LogP contribution in [0.2, 0.25) is 0 Å². The van der Waals surface area contributed by atoms with Gasteiger partial charge in [0.1, 0.15) is 6.61 Å². The van der Waals surface area contributed by atoms with Crippen molar-refractivity contribution in [2.45, 2.75) is 63.5 Å². The Kier molecular flexibility index (Phi) is 4.94. The van der Waals surface area contributed by atoms with Gasteiger partial charge in [0, 0.05) is 12.6 Å². The topological polar surface area (TPSA) is 41.6 Å². The van der Waals surface area contributed by atoms with E-state index < -0.39 is 0 Å². The fourth-order valence-corrected chi connectivity index (χ4v) is 4.17. The van der Waals surface area contributed by atoms with Crippen LogP contribution in [0, 0.1) is 5.92 Å². The van der Waals surface area contributed by atoms with Crippen LogP contribution in [0.25, 0.3) is 0 Å². The molecule has 1 saturated carbocycles. The average Bonchev–Trinajstić information content (AvgIpc) is 2.53. The highest BCUT2D eigenvalue weighted by atomic mass is 16.5. The minimum Gasteiger partial charge on any atom is -0.368 e. The van der Waals surface area contributed by atoms with Gasteiger partial charge in [-0.2, -0.15) is 0 Å². The normalized spacial score (nSPS) is 31.9. The van der Waals surface area contributed by atoms with Crippen LogP contribution in [0.15, 0.2) is 0 Å². The quantitative estimate of drug-likeness (QED) is 0.859. The number of nitrogens with one attached hydrogen (secondary N) is 1. The third-order valence-electron chi connectivity index (χ3n) is 5.29. The molecule has 0 aromatic heterocycles. The molecule has 3 aliphatic rings. The highest BCUT2D eigenvalue weighted by Gasteiger charge is 2.35. The van der Waals surface area contributed by atoms with Crippen molar-refractivity contribution >= 4 is 5.91 Å². The summed E-state index contributed by atoms with van der Waals surface area (Å²) in [5, 5.41) is 3.33. The highest BCUT2D eigenvalue weighted by Crippen LogP contribution is 2.35. The van der Waals surface area contributed by atoms with Gasteiger partial charge in [0.2, 0.25) is 5.91 Å². The van der Waals surface area contributed by atoms with Crippen LogP contribution in [0.3, 0.4) is 0 Å². The standard InChI is InChI=1S/C16H28N2O2/c19-16(12-20-14-7-9-17-10-8-14)18-11-3-5-13-4-1-2-6-15(13)18/h13-15,17H,1-12H2. The molecule has 0 spiro atoms. The van der Waals surface area contributed by atoms with E-state index in [0.717, 1.165) is 38.4 Å². The molecule has 0 radical (unpaired) electrons. The van der Waals surface area contributed by atoms with Crippen LogP contribution in [-0.4, -0.2) is 49.2 Å². The maximum Gasteiger partial charge on any atom is 0.248 e. The number of carbonyl (C=O) groups is 1. The summed E-state index contributed by atoms with van der Waals surface area (Å²) in [6.45, 7) is 3.30. The number of hydrogen-bond acceptors (Lipinski definition) is 3. The molecule has 2 unspecified atom stereocenters. The lowest BCUT2D eigenvalue weighted by Crippen LogP contribution is -2.51. The van der Waals surface area contributed by atoms with Crippen molar-refractivity contribution < 1.29 is 9.53 Å². The van der Waals surface area contributed by atoms with E-state index in [2.05, 4.69) is 10.2 Å². The van der Waals surface area contributed by atoms with E-state index in [1.54, 1.807) is 0 Å². The van der Waals surface area contributed by atoms with Crippen LogP contribution in [-0.2, 0) is 9.53 Å². The third kappa shape index (κ3) is 3.34. The van der Waals surface area contributed by atoms with Gasteiger partial charge in [-0.3, -0.25) is 4.79 Å². The number of ether oxygens (including phenoxy) is 1. The van der Waals surface area contributed by atoms with Gasteiger partial charge in [0.15, 0.2) is 0 Å². The van der Waals surface area contributed by atoms with Gasteiger partial charge in [-0.05, 0) is 57.5 Å². The minimum atomic E-state index is 0.236. The van der Waals surface area contributed by atoms with E-state index in [9.17, 15) is 4.79 Å². The first kappa shape index (κ1) is 14.3. The number of nitrogens with zero attached hydrogens (tertiary/aromatic N) is 1. The summed E-state index contributed by atoms with van der Waals surface area (Å²) >= 11 is 0. The molecule has 1 N–H and O–H groups in total. The molecule has 1 amide bonds. The SMILES string of the molecule is O=C(COC1CCNCC1)N1CCCC2CCCCC21. The Hall–Kier alpha value is -0.610. The van der Waals surface area contributed by atoms with Crippen LogP contribution < -0.4 is 5.32 Å². The predicted molar refractivity (Wildman–Crippen MR) is 78.5 cm³/mol. The number of fused-ring (bicyclic) bond motifs is 1. The summed E-state index contributed by atoms with van der Waals surface area (Å²) in [6.07, 6.45) is 10.1. The second kappa shape index (κ2) is 6.90. The molecule has 4 nitrogen and oxygen atoms in total. The average molecular weight is 280 g/mol. The smallest absolute Gasteiger partial charge is 0.248 e. The van der Waals surface area contributed by atoms with Crippen LogP contribution >= 0.6 is 0 Å². The van der Waals surface area contributed by atoms with E-state index in [-0.39, 0.29) is 12.0 Å². The van der Waals surface area contributed by atoms with Gasteiger partial charge < -0.3 is 15.0 Å². The molecule has 2 atom stereocenters. The Morgan fingerprint density at radius 1 is 1.05 bits per heavy atom. The lowest BCUT2D eigenvalue weighted by atomic mass is 9.78. The van der Waals surface area contributed by atoms with Gasteiger partial charge in [0.25, 0.3) is 0 Å². The Morgan fingerprint density at radius 2 is 1.80 bits per heavy atom. The molecule has 2 aliphatic heterocycles. The maximum atomic E-state index is 12.5. The third-order valence-corrected chi connectivity index (χ3v) is 5.29. The fourth-order valence-electron chi connectivity index (χ4n) is 4.17.